The number of hydrogen-bond acceptors (Lipinski definition) is 4. The van der Waals surface area contributed by atoms with Crippen LogP contribution in [0.1, 0.15) is 29.8 Å². The van der Waals surface area contributed by atoms with Gasteiger partial charge in [0.1, 0.15) is 11.4 Å². The molecule has 2 atom stereocenters. The third-order valence-corrected chi connectivity index (χ3v) is 6.06. The number of ether oxygens (including phenoxy) is 1. The van der Waals surface area contributed by atoms with Crippen LogP contribution in [0.25, 0.3) is 0 Å². The molecule has 1 aliphatic heterocycles. The van der Waals surface area contributed by atoms with Crippen molar-refractivity contribution in [2.24, 2.45) is 0 Å². The molecule has 0 aromatic heterocycles. The lowest BCUT2D eigenvalue weighted by Crippen LogP contribution is -2.48. The summed E-state index contributed by atoms with van der Waals surface area (Å²) in [5.74, 6) is 0.0933. The first-order chi connectivity index (χ1) is 13.6. The summed E-state index contributed by atoms with van der Waals surface area (Å²) in [6.07, 6.45) is 0.736. The van der Waals surface area contributed by atoms with E-state index in [4.69, 9.17) is 16.3 Å². The number of rotatable bonds is 6. The van der Waals surface area contributed by atoms with Crippen LogP contribution in [0.15, 0.2) is 54.6 Å². The lowest BCUT2D eigenvalue weighted by atomic mass is 10.2. The van der Waals surface area contributed by atoms with E-state index < -0.39 is 6.04 Å². The second-order valence-electron chi connectivity index (χ2n) is 6.44. The molecule has 1 heterocycles. The van der Waals surface area contributed by atoms with Crippen molar-refractivity contribution in [3.05, 3.63) is 70.7 Å². The number of amides is 2. The molecule has 1 fully saturated rings. The van der Waals surface area contributed by atoms with E-state index in [9.17, 15) is 9.59 Å². The molecule has 2 amide bonds. The average Bonchev–Trinajstić information content (AvgIpc) is 3.16. The van der Waals surface area contributed by atoms with Crippen molar-refractivity contribution in [1.29, 1.82) is 0 Å². The topological polar surface area (TPSA) is 58.6 Å². The minimum atomic E-state index is -0.645. The maximum atomic E-state index is 13.1. The van der Waals surface area contributed by atoms with E-state index in [1.807, 2.05) is 55.5 Å². The zero-order chi connectivity index (χ0) is 19.9. The number of benzene rings is 2. The predicted molar refractivity (Wildman–Crippen MR) is 112 cm³/mol. The molecule has 1 saturated heterocycles. The maximum absolute atomic E-state index is 13.1. The smallest absolute Gasteiger partial charge is 0.329 e. The number of nitrogens with zero attached hydrogens (tertiary/aromatic N) is 1. The Labute approximate surface area is 174 Å². The van der Waals surface area contributed by atoms with Crippen LogP contribution in [0, 0.1) is 0 Å². The number of thioether (sulfide) groups is 1. The number of carbonyl (C=O) groups is 2. The van der Waals surface area contributed by atoms with E-state index in [1.54, 1.807) is 11.0 Å². The number of hydrogen-bond donors (Lipinski definition) is 1. The Morgan fingerprint density at radius 3 is 2.61 bits per heavy atom. The molecule has 2 aromatic carbocycles. The highest BCUT2D eigenvalue weighted by Crippen LogP contribution is 2.44. The van der Waals surface area contributed by atoms with Gasteiger partial charge in [-0.25, -0.2) is 9.59 Å². The Kier molecular flexibility index (Phi) is 7.23. The van der Waals surface area contributed by atoms with Gasteiger partial charge in [-0.3, -0.25) is 4.90 Å². The summed E-state index contributed by atoms with van der Waals surface area (Å²) in [4.78, 5) is 27.2. The van der Waals surface area contributed by atoms with Crippen LogP contribution in [0.2, 0.25) is 5.02 Å². The molecular formula is C21H23ClN2O3S. The Balaban J connectivity index is 1.81. The zero-order valence-electron chi connectivity index (χ0n) is 15.6. The molecule has 28 heavy (non-hydrogen) atoms. The Morgan fingerprint density at radius 1 is 1.18 bits per heavy atom. The van der Waals surface area contributed by atoms with E-state index >= 15 is 0 Å². The summed E-state index contributed by atoms with van der Waals surface area (Å²) in [6.45, 7) is 2.66. The quantitative estimate of drug-likeness (QED) is 0.695. The highest BCUT2D eigenvalue weighted by Gasteiger charge is 2.43. The second-order valence-corrected chi connectivity index (χ2v) is 7.96. The van der Waals surface area contributed by atoms with Gasteiger partial charge in [-0.05, 0) is 18.1 Å². The largest absolute Gasteiger partial charge is 0.464 e. The molecule has 0 bridgehead atoms. The van der Waals surface area contributed by atoms with Gasteiger partial charge < -0.3 is 10.1 Å². The van der Waals surface area contributed by atoms with Crippen molar-refractivity contribution in [1.82, 2.24) is 10.2 Å². The van der Waals surface area contributed by atoms with Gasteiger partial charge in [-0.15, -0.1) is 11.8 Å². The zero-order valence-corrected chi connectivity index (χ0v) is 17.2. The molecule has 0 spiro atoms. The third-order valence-electron chi connectivity index (χ3n) is 4.41. The van der Waals surface area contributed by atoms with Crippen LogP contribution in [-0.2, 0) is 16.1 Å². The lowest BCUT2D eigenvalue weighted by molar-refractivity contribution is -0.148. The van der Waals surface area contributed by atoms with Crippen LogP contribution < -0.4 is 5.32 Å². The van der Waals surface area contributed by atoms with Crippen molar-refractivity contribution in [2.45, 2.75) is 31.3 Å². The molecule has 5 nitrogen and oxygen atoms in total. The molecule has 0 radical (unpaired) electrons. The second kappa shape index (κ2) is 9.85. The molecule has 2 aromatic rings. The van der Waals surface area contributed by atoms with Crippen LogP contribution in [0.5, 0.6) is 0 Å². The summed E-state index contributed by atoms with van der Waals surface area (Å²) in [7, 11) is 0. The summed E-state index contributed by atoms with van der Waals surface area (Å²) in [5.41, 5.74) is 1.80. The van der Waals surface area contributed by atoms with Gasteiger partial charge in [0.05, 0.1) is 6.61 Å². The first-order valence-electron chi connectivity index (χ1n) is 9.24. The number of urea groups is 1. The maximum Gasteiger partial charge on any atom is 0.329 e. The molecule has 1 aliphatic rings. The number of halogens is 1. The monoisotopic (exact) mass is 418 g/mol. The van der Waals surface area contributed by atoms with Crippen LogP contribution in [0.3, 0.4) is 0 Å². The summed E-state index contributed by atoms with van der Waals surface area (Å²) in [5, 5.41) is 3.15. The van der Waals surface area contributed by atoms with E-state index in [0.717, 1.165) is 17.5 Å². The van der Waals surface area contributed by atoms with E-state index in [1.165, 1.54) is 11.8 Å². The van der Waals surface area contributed by atoms with Crippen LogP contribution in [0.4, 0.5) is 4.79 Å². The molecule has 1 N–H and O–H groups in total. The molecule has 0 aliphatic carbocycles. The van der Waals surface area contributed by atoms with Crippen molar-refractivity contribution in [3.63, 3.8) is 0 Å². The fourth-order valence-corrected chi connectivity index (χ4v) is 4.77. The van der Waals surface area contributed by atoms with Gasteiger partial charge in [0, 0.05) is 22.9 Å². The van der Waals surface area contributed by atoms with Gasteiger partial charge in [-0.1, -0.05) is 67.1 Å². The predicted octanol–water partition coefficient (Wildman–Crippen LogP) is 4.62. The average molecular weight is 419 g/mol. The van der Waals surface area contributed by atoms with Gasteiger partial charge in [-0.2, -0.15) is 0 Å². The van der Waals surface area contributed by atoms with Crippen molar-refractivity contribution in [2.75, 3.05) is 12.4 Å². The molecule has 7 heteroatoms. The number of carbonyl (C=O) groups excluding carboxylic acids is 2. The normalized spacial score (nSPS) is 18.7. The molecule has 0 unspecified atom stereocenters. The summed E-state index contributed by atoms with van der Waals surface area (Å²) in [6, 6.07) is 16.1. The molecule has 0 saturated carbocycles. The van der Waals surface area contributed by atoms with Crippen LogP contribution >= 0.6 is 23.4 Å². The number of esters is 1. The minimum absolute atomic E-state index is 0.308. The van der Waals surface area contributed by atoms with Gasteiger partial charge in [0.2, 0.25) is 0 Å². The highest BCUT2D eigenvalue weighted by atomic mass is 35.5. The van der Waals surface area contributed by atoms with Gasteiger partial charge in [0.15, 0.2) is 0 Å². The van der Waals surface area contributed by atoms with E-state index in [-0.39, 0.29) is 17.4 Å². The summed E-state index contributed by atoms with van der Waals surface area (Å²) >= 11 is 7.89. The molecule has 3 rings (SSSR count). The first kappa shape index (κ1) is 20.6. The van der Waals surface area contributed by atoms with Crippen molar-refractivity contribution >= 4 is 35.4 Å². The van der Waals surface area contributed by atoms with Crippen LogP contribution in [-0.4, -0.2) is 35.3 Å². The first-order valence-corrected chi connectivity index (χ1v) is 10.7. The fraction of sp³-hybridized carbons (Fsp3) is 0.333. The summed E-state index contributed by atoms with van der Waals surface area (Å²) < 4.78 is 5.33. The van der Waals surface area contributed by atoms with E-state index in [2.05, 4.69) is 5.32 Å². The Morgan fingerprint density at radius 2 is 1.89 bits per heavy atom. The Hall–Kier alpha value is -2.18. The molecular weight excluding hydrogens is 396 g/mol. The third kappa shape index (κ3) is 4.80. The molecule has 148 valence electrons. The highest BCUT2D eigenvalue weighted by molar-refractivity contribution is 7.99. The van der Waals surface area contributed by atoms with Crippen molar-refractivity contribution in [3.8, 4) is 0 Å². The van der Waals surface area contributed by atoms with Gasteiger partial charge in [0.25, 0.3) is 0 Å². The van der Waals surface area contributed by atoms with E-state index in [0.29, 0.717) is 23.9 Å². The standard InChI is InChI=1S/C21H23ClN2O3S/c1-2-12-27-20(25)18-14-28-19(16-10-6-7-11-17(16)22)24(18)21(26)23-13-15-8-4-3-5-9-15/h3-11,18-19H,2,12-14H2,1H3,(H,23,26)/t18-,19+/m0/s1. The lowest BCUT2D eigenvalue weighted by Gasteiger charge is -2.29. The van der Waals surface area contributed by atoms with Gasteiger partial charge >= 0.3 is 12.0 Å². The number of nitrogens with one attached hydrogen (secondary N) is 1. The Bertz CT molecular complexity index is 818. The minimum Gasteiger partial charge on any atom is -0.464 e. The van der Waals surface area contributed by atoms with Crippen molar-refractivity contribution < 1.29 is 14.3 Å². The fourth-order valence-electron chi connectivity index (χ4n) is 3.01. The SMILES string of the molecule is CCCOC(=O)[C@@H]1CS[C@H](c2ccccc2Cl)N1C(=O)NCc1ccccc1.